The Hall–Kier alpha value is -3.50. The molecule has 0 amide bonds. The van der Waals surface area contributed by atoms with Gasteiger partial charge in [-0.3, -0.25) is 29.6 Å². The van der Waals surface area contributed by atoms with Crippen LogP contribution in [0.25, 0.3) is 11.2 Å². The van der Waals surface area contributed by atoms with Crippen molar-refractivity contribution in [2.45, 2.75) is 43.7 Å². The van der Waals surface area contributed by atoms with Crippen molar-refractivity contribution < 1.29 is 34.3 Å². The Morgan fingerprint density at radius 1 is 1.31 bits per heavy atom. The molecule has 0 unspecified atom stereocenters. The van der Waals surface area contributed by atoms with Crippen molar-refractivity contribution in [1.82, 2.24) is 19.5 Å². The Bertz CT molecular complexity index is 965. The van der Waals surface area contributed by atoms with Gasteiger partial charge in [-0.1, -0.05) is 6.92 Å². The van der Waals surface area contributed by atoms with E-state index in [0.29, 0.717) is 0 Å². The summed E-state index contributed by atoms with van der Waals surface area (Å²) in [6, 6.07) is 0. The molecule has 0 bridgehead atoms. The van der Waals surface area contributed by atoms with Gasteiger partial charge in [-0.15, -0.1) is 0 Å². The molecule has 1 aliphatic heterocycles. The molecule has 1 fully saturated rings. The minimum atomic E-state index is -3.69. The van der Waals surface area contributed by atoms with E-state index in [-0.39, 0.29) is 17.0 Å². The van der Waals surface area contributed by atoms with Crippen molar-refractivity contribution in [2.24, 2.45) is 0 Å². The number of imidazole rings is 1. The molecule has 29 heavy (non-hydrogen) atoms. The highest BCUT2D eigenvalue weighted by atomic mass is 16.8. The van der Waals surface area contributed by atoms with Gasteiger partial charge in [0.25, 0.3) is 6.10 Å². The lowest BCUT2D eigenvalue weighted by Gasteiger charge is -2.22. The van der Waals surface area contributed by atoms with Crippen LogP contribution >= 0.6 is 0 Å². The van der Waals surface area contributed by atoms with Gasteiger partial charge in [0.05, 0.1) is 6.33 Å². The van der Waals surface area contributed by atoms with Crippen LogP contribution in [0.3, 0.4) is 0 Å². The van der Waals surface area contributed by atoms with Gasteiger partial charge in [0.1, 0.15) is 33.9 Å². The van der Waals surface area contributed by atoms with E-state index in [4.69, 9.17) is 10.5 Å². The molecular weight excluding hydrogens is 398 g/mol. The maximum atomic E-state index is 11.6. The molecule has 156 valence electrons. The van der Waals surface area contributed by atoms with Crippen molar-refractivity contribution >= 4 is 23.0 Å². The zero-order chi connectivity index (χ0) is 21.5. The van der Waals surface area contributed by atoms with Crippen LogP contribution in [-0.4, -0.2) is 69.7 Å². The number of aliphatic hydroxyl groups is 2. The van der Waals surface area contributed by atoms with Crippen molar-refractivity contribution in [3.05, 3.63) is 32.9 Å². The summed E-state index contributed by atoms with van der Waals surface area (Å²) in [7, 11) is 0. The number of nitro groups is 2. The molecule has 4 N–H and O–H groups in total. The number of aromatic nitrogens is 4. The van der Waals surface area contributed by atoms with Gasteiger partial charge in [0.2, 0.25) is 0 Å². The van der Waals surface area contributed by atoms with Crippen molar-refractivity contribution in [1.29, 1.82) is 0 Å². The summed E-state index contributed by atoms with van der Waals surface area (Å²) in [5.41, 5.74) is 5.80. The van der Waals surface area contributed by atoms with Crippen LogP contribution in [0.5, 0.6) is 0 Å². The minimum absolute atomic E-state index is 0.0138. The van der Waals surface area contributed by atoms with Crippen molar-refractivity contribution in [2.75, 3.05) is 5.73 Å². The molecule has 16 heteroatoms. The topological polar surface area (TPSA) is 232 Å². The summed E-state index contributed by atoms with van der Waals surface area (Å²) in [5, 5.41) is 43.8. The number of ether oxygens (including phenoxy) is 2. The van der Waals surface area contributed by atoms with Crippen LogP contribution in [0.15, 0.2) is 12.7 Å². The molecule has 0 saturated carbocycles. The number of fused-ring (bicyclic) bond motifs is 1. The fourth-order valence-corrected chi connectivity index (χ4v) is 2.90. The smallest absolute Gasteiger partial charge is 0.387 e. The summed E-state index contributed by atoms with van der Waals surface area (Å²) < 4.78 is 10.8. The van der Waals surface area contributed by atoms with E-state index in [9.17, 15) is 35.2 Å². The Kier molecular flexibility index (Phi) is 4.99. The Morgan fingerprint density at radius 3 is 2.55 bits per heavy atom. The second-order valence-corrected chi connectivity index (χ2v) is 6.01. The predicted octanol–water partition coefficient (Wildman–Crippen LogP) is -1.81. The van der Waals surface area contributed by atoms with E-state index < -0.39 is 52.6 Å². The Balaban J connectivity index is 2.06. The van der Waals surface area contributed by atoms with Gasteiger partial charge < -0.3 is 25.4 Å². The van der Waals surface area contributed by atoms with Gasteiger partial charge >= 0.3 is 11.8 Å². The first-order chi connectivity index (χ1) is 13.6. The Labute approximate surface area is 160 Å². The standard InChI is InChI=1S/C13H15N7O9/c1-2-5(21)29-13(19(24)25,20(26)27)9-7(22)8(23)12(28-9)18-4-17-6-10(14)15-3-16-11(6)18/h3-4,7-9,12,22-23H,2H2,1H3,(H2,14,15,16)/t7-,8+,9-,12+/m0/s1. The maximum absolute atomic E-state index is 11.6. The van der Waals surface area contributed by atoms with Gasteiger partial charge in [-0.25, -0.2) is 15.0 Å². The number of hydrogen-bond acceptors (Lipinski definition) is 13. The number of aliphatic hydroxyl groups excluding tert-OH is 2. The fraction of sp³-hybridized carbons (Fsp3) is 0.538. The molecule has 2 aromatic heterocycles. The summed E-state index contributed by atoms with van der Waals surface area (Å²) in [6.45, 7) is 1.26. The third-order valence-electron chi connectivity index (χ3n) is 4.35. The predicted molar refractivity (Wildman–Crippen MR) is 88.8 cm³/mol. The third-order valence-corrected chi connectivity index (χ3v) is 4.35. The molecule has 16 nitrogen and oxygen atoms in total. The van der Waals surface area contributed by atoms with Crippen LogP contribution in [0.4, 0.5) is 5.82 Å². The summed E-state index contributed by atoms with van der Waals surface area (Å²) in [4.78, 5) is 43.3. The molecule has 4 atom stereocenters. The second-order valence-electron chi connectivity index (χ2n) is 6.01. The monoisotopic (exact) mass is 413 g/mol. The first-order valence-corrected chi connectivity index (χ1v) is 8.10. The van der Waals surface area contributed by atoms with E-state index >= 15 is 0 Å². The highest BCUT2D eigenvalue weighted by Gasteiger charge is 2.75. The molecule has 2 aromatic rings. The van der Waals surface area contributed by atoms with Crippen LogP contribution in [-0.2, 0) is 14.3 Å². The average molecular weight is 413 g/mol. The molecule has 0 radical (unpaired) electrons. The lowest BCUT2D eigenvalue weighted by atomic mass is 10.1. The van der Waals surface area contributed by atoms with Gasteiger partial charge in [0.15, 0.2) is 17.7 Å². The van der Waals surface area contributed by atoms with E-state index in [2.05, 4.69) is 19.7 Å². The highest BCUT2D eigenvalue weighted by Crippen LogP contribution is 2.38. The molecule has 3 rings (SSSR count). The zero-order valence-electron chi connectivity index (χ0n) is 14.7. The number of hydrogen-bond donors (Lipinski definition) is 3. The van der Waals surface area contributed by atoms with Crippen LogP contribution in [0.1, 0.15) is 19.6 Å². The third kappa shape index (κ3) is 2.98. The minimum Gasteiger partial charge on any atom is -0.387 e. The molecule has 1 aliphatic rings. The highest BCUT2D eigenvalue weighted by molar-refractivity contribution is 5.81. The number of carbonyl (C=O) groups is 1. The lowest BCUT2D eigenvalue weighted by molar-refractivity contribution is -0.854. The average Bonchev–Trinajstić information content (AvgIpc) is 3.22. The quantitative estimate of drug-likeness (QED) is 0.205. The molecule has 0 spiro atoms. The fourth-order valence-electron chi connectivity index (χ4n) is 2.90. The number of carbonyl (C=O) groups excluding carboxylic acids is 1. The van der Waals surface area contributed by atoms with E-state index in [1.54, 1.807) is 0 Å². The van der Waals surface area contributed by atoms with Crippen molar-refractivity contribution in [3.8, 4) is 0 Å². The largest absolute Gasteiger partial charge is 0.651 e. The lowest BCUT2D eigenvalue weighted by Crippen LogP contribution is -2.62. The zero-order valence-corrected chi connectivity index (χ0v) is 14.7. The molecule has 1 saturated heterocycles. The van der Waals surface area contributed by atoms with E-state index in [1.807, 2.05) is 0 Å². The number of esters is 1. The summed E-state index contributed by atoms with van der Waals surface area (Å²) in [5.74, 6) is -4.98. The van der Waals surface area contributed by atoms with Crippen molar-refractivity contribution in [3.63, 3.8) is 0 Å². The van der Waals surface area contributed by atoms with E-state index in [1.165, 1.54) is 6.92 Å². The van der Waals surface area contributed by atoms with E-state index in [0.717, 1.165) is 17.2 Å². The summed E-state index contributed by atoms with van der Waals surface area (Å²) >= 11 is 0. The molecule has 3 heterocycles. The summed E-state index contributed by atoms with van der Waals surface area (Å²) in [6.07, 6.45) is -6.25. The molecular formula is C13H15N7O9. The van der Waals surface area contributed by atoms with Crippen LogP contribution < -0.4 is 5.73 Å². The second kappa shape index (κ2) is 7.15. The molecule has 0 aromatic carbocycles. The molecule has 0 aliphatic carbocycles. The first kappa shape index (κ1) is 20.2. The van der Waals surface area contributed by atoms with Crippen LogP contribution in [0.2, 0.25) is 0 Å². The maximum Gasteiger partial charge on any atom is 0.651 e. The Morgan fingerprint density at radius 2 is 1.97 bits per heavy atom. The number of nitrogens with two attached hydrogens (primary N) is 1. The van der Waals surface area contributed by atoms with Gasteiger partial charge in [-0.2, -0.15) is 0 Å². The SMILES string of the molecule is CCC(=O)OC([C@H]1O[C@@H](n2cnc3c(N)ncnc32)[C@H](O)[C@@H]1O)([N+](=O)[O-])[N+](=O)[O-]. The number of rotatable bonds is 6. The number of anilines is 1. The number of nitrogens with zero attached hydrogens (tertiary/aromatic N) is 6. The van der Waals surface area contributed by atoms with Crippen LogP contribution in [0, 0.1) is 20.2 Å². The number of nitrogen functional groups attached to an aromatic ring is 1. The normalized spacial score (nSPS) is 24.5. The van der Waals surface area contributed by atoms with Gasteiger partial charge in [0, 0.05) is 6.42 Å². The van der Waals surface area contributed by atoms with Gasteiger partial charge in [-0.05, 0) is 0 Å². The first-order valence-electron chi connectivity index (χ1n) is 8.10.